The van der Waals surface area contributed by atoms with Crippen molar-refractivity contribution in [2.45, 2.75) is 18.4 Å². The quantitative estimate of drug-likeness (QED) is 0.435. The van der Waals surface area contributed by atoms with Crippen LogP contribution in [-0.4, -0.2) is 49.4 Å². The smallest absolute Gasteiger partial charge is 0.411 e. The molecule has 1 atom stereocenters. The first kappa shape index (κ1) is 24.0. The second-order valence-corrected chi connectivity index (χ2v) is 8.24. The summed E-state index contributed by atoms with van der Waals surface area (Å²) < 4.78 is 10.4. The summed E-state index contributed by atoms with van der Waals surface area (Å²) in [6, 6.07) is 21.8. The number of carbonyl (C=O) groups excluding carboxylic acids is 2. The van der Waals surface area contributed by atoms with E-state index in [2.05, 4.69) is 34.9 Å². The van der Waals surface area contributed by atoms with Crippen LogP contribution in [0, 0.1) is 0 Å². The average Bonchev–Trinajstić information content (AvgIpc) is 3.16. The fourth-order valence-electron chi connectivity index (χ4n) is 4.28. The van der Waals surface area contributed by atoms with Gasteiger partial charge in [0.1, 0.15) is 6.61 Å². The van der Waals surface area contributed by atoms with Gasteiger partial charge in [-0.3, -0.25) is 10.1 Å². The zero-order valence-corrected chi connectivity index (χ0v) is 19.2. The minimum atomic E-state index is -1.18. The van der Waals surface area contributed by atoms with Gasteiger partial charge in [0, 0.05) is 18.7 Å². The number of benzene rings is 3. The van der Waals surface area contributed by atoms with Gasteiger partial charge in [0.25, 0.3) is 0 Å². The molecule has 3 N–H and O–H groups in total. The number of hydrogen-bond acceptors (Lipinski definition) is 5. The molecule has 0 unspecified atom stereocenters. The lowest BCUT2D eigenvalue weighted by Crippen LogP contribution is -2.44. The maximum absolute atomic E-state index is 12.5. The Balaban J connectivity index is 1.35. The van der Waals surface area contributed by atoms with E-state index in [-0.39, 0.29) is 25.6 Å². The normalized spacial score (nSPS) is 12.8. The zero-order valence-electron chi connectivity index (χ0n) is 19.2. The summed E-state index contributed by atoms with van der Waals surface area (Å²) in [5.74, 6) is -1.68. The van der Waals surface area contributed by atoms with Crippen LogP contribution in [0.1, 0.15) is 22.6 Å². The number of hydrogen-bond donors (Lipinski definition) is 3. The van der Waals surface area contributed by atoms with Crippen molar-refractivity contribution < 1.29 is 29.0 Å². The predicted octanol–water partition coefficient (Wildman–Crippen LogP) is 3.81. The Morgan fingerprint density at radius 3 is 2.23 bits per heavy atom. The highest BCUT2D eigenvalue weighted by Gasteiger charge is 2.29. The third-order valence-corrected chi connectivity index (χ3v) is 5.85. The number of nitrogens with one attached hydrogen (secondary N) is 2. The summed E-state index contributed by atoms with van der Waals surface area (Å²) in [7, 11) is 1.36. The second-order valence-electron chi connectivity index (χ2n) is 8.24. The number of aliphatic carboxylic acids is 1. The van der Waals surface area contributed by atoms with Crippen LogP contribution in [0.15, 0.2) is 72.8 Å². The molecule has 3 aromatic carbocycles. The zero-order chi connectivity index (χ0) is 24.8. The van der Waals surface area contributed by atoms with Gasteiger partial charge in [0.15, 0.2) is 6.04 Å². The first-order chi connectivity index (χ1) is 17.0. The van der Waals surface area contributed by atoms with Crippen molar-refractivity contribution in [3.8, 4) is 11.1 Å². The highest BCUT2D eigenvalue weighted by Crippen LogP contribution is 2.44. The van der Waals surface area contributed by atoms with E-state index in [1.807, 2.05) is 24.3 Å². The van der Waals surface area contributed by atoms with Crippen molar-refractivity contribution >= 4 is 23.7 Å². The van der Waals surface area contributed by atoms with E-state index in [4.69, 9.17) is 14.6 Å². The van der Waals surface area contributed by atoms with E-state index in [1.54, 1.807) is 24.3 Å². The fourth-order valence-corrected chi connectivity index (χ4v) is 4.28. The van der Waals surface area contributed by atoms with Crippen molar-refractivity contribution in [2.75, 3.05) is 25.6 Å². The first-order valence-electron chi connectivity index (χ1n) is 11.2. The van der Waals surface area contributed by atoms with Crippen LogP contribution in [0.3, 0.4) is 0 Å². The molecule has 0 fully saturated rings. The number of fused-ring (bicyclic) bond motifs is 3. The second kappa shape index (κ2) is 10.8. The minimum absolute atomic E-state index is 0.0440. The molecule has 8 nitrogen and oxygen atoms in total. The van der Waals surface area contributed by atoms with Gasteiger partial charge in [0.2, 0.25) is 5.91 Å². The number of methoxy groups -OCH3 is 1. The summed E-state index contributed by atoms with van der Waals surface area (Å²) in [6.45, 7) is 0.0580. The van der Waals surface area contributed by atoms with Crippen LogP contribution >= 0.6 is 0 Å². The largest absolute Gasteiger partial charge is 0.480 e. The Hall–Kier alpha value is -4.17. The first-order valence-corrected chi connectivity index (χ1v) is 11.2. The molecule has 0 saturated heterocycles. The Kier molecular flexibility index (Phi) is 7.42. The lowest BCUT2D eigenvalue weighted by molar-refractivity contribution is -0.143. The van der Waals surface area contributed by atoms with Crippen LogP contribution in [-0.2, 0) is 25.5 Å². The van der Waals surface area contributed by atoms with E-state index in [0.29, 0.717) is 11.3 Å². The molecule has 0 saturated carbocycles. The Morgan fingerprint density at radius 2 is 1.60 bits per heavy atom. The summed E-state index contributed by atoms with van der Waals surface area (Å²) in [4.78, 5) is 36.0. The Bertz CT molecular complexity index is 1200. The fraction of sp³-hybridized carbons (Fsp3) is 0.222. The summed E-state index contributed by atoms with van der Waals surface area (Å²) in [5.41, 5.74) is 5.64. The molecule has 0 spiro atoms. The average molecular weight is 475 g/mol. The van der Waals surface area contributed by atoms with Crippen LogP contribution < -0.4 is 10.6 Å². The van der Waals surface area contributed by atoms with Crippen molar-refractivity contribution in [3.63, 3.8) is 0 Å². The Morgan fingerprint density at radius 1 is 0.943 bits per heavy atom. The molecule has 0 heterocycles. The van der Waals surface area contributed by atoms with E-state index in [1.165, 1.54) is 7.11 Å². The van der Waals surface area contributed by atoms with Crippen LogP contribution in [0.2, 0.25) is 0 Å². The summed E-state index contributed by atoms with van der Waals surface area (Å²) >= 11 is 0. The van der Waals surface area contributed by atoms with Gasteiger partial charge >= 0.3 is 12.1 Å². The maximum atomic E-state index is 12.5. The number of rotatable bonds is 9. The topological polar surface area (TPSA) is 114 Å². The van der Waals surface area contributed by atoms with Crippen LogP contribution in [0.25, 0.3) is 11.1 Å². The molecule has 0 aromatic heterocycles. The molecular formula is C27H26N2O6. The van der Waals surface area contributed by atoms with Gasteiger partial charge in [0.05, 0.1) is 13.0 Å². The van der Waals surface area contributed by atoms with E-state index in [0.717, 1.165) is 22.3 Å². The molecule has 1 aliphatic rings. The van der Waals surface area contributed by atoms with E-state index >= 15 is 0 Å². The maximum Gasteiger partial charge on any atom is 0.411 e. The lowest BCUT2D eigenvalue weighted by atomic mass is 9.98. The number of carboxylic acid groups (broad SMARTS) is 1. The lowest BCUT2D eigenvalue weighted by Gasteiger charge is -2.15. The number of amides is 2. The van der Waals surface area contributed by atoms with Gasteiger partial charge in [-0.2, -0.15) is 0 Å². The van der Waals surface area contributed by atoms with Gasteiger partial charge in [-0.25, -0.2) is 9.59 Å². The number of carboxylic acids is 1. The molecule has 35 heavy (non-hydrogen) atoms. The van der Waals surface area contributed by atoms with E-state index in [9.17, 15) is 14.4 Å². The third kappa shape index (κ3) is 5.67. The molecule has 3 aromatic rings. The molecule has 0 aliphatic heterocycles. The molecule has 8 heteroatoms. The molecule has 180 valence electrons. The van der Waals surface area contributed by atoms with Gasteiger partial charge in [-0.15, -0.1) is 0 Å². The van der Waals surface area contributed by atoms with E-state index < -0.39 is 24.0 Å². The van der Waals surface area contributed by atoms with Crippen molar-refractivity contribution in [1.29, 1.82) is 0 Å². The highest BCUT2D eigenvalue weighted by molar-refractivity contribution is 5.87. The number of ether oxygens (including phenoxy) is 2. The van der Waals surface area contributed by atoms with Gasteiger partial charge < -0.3 is 19.9 Å². The highest BCUT2D eigenvalue weighted by atomic mass is 16.5. The molecule has 2 amide bonds. The minimum Gasteiger partial charge on any atom is -0.480 e. The molecular weight excluding hydrogens is 448 g/mol. The summed E-state index contributed by atoms with van der Waals surface area (Å²) in [6.07, 6.45) is -0.646. The molecule has 0 bridgehead atoms. The van der Waals surface area contributed by atoms with Crippen LogP contribution in [0.4, 0.5) is 10.5 Å². The van der Waals surface area contributed by atoms with Gasteiger partial charge in [-0.05, 0) is 39.9 Å². The number of carbonyl (C=O) groups is 3. The van der Waals surface area contributed by atoms with Crippen molar-refractivity contribution in [3.05, 3.63) is 89.5 Å². The molecule has 4 rings (SSSR count). The third-order valence-electron chi connectivity index (χ3n) is 5.85. The molecule has 0 radical (unpaired) electrons. The monoisotopic (exact) mass is 474 g/mol. The summed E-state index contributed by atoms with van der Waals surface area (Å²) in [5, 5.41) is 14.3. The Labute approximate surface area is 202 Å². The van der Waals surface area contributed by atoms with Crippen molar-refractivity contribution in [2.24, 2.45) is 0 Å². The van der Waals surface area contributed by atoms with Crippen LogP contribution in [0.5, 0.6) is 0 Å². The van der Waals surface area contributed by atoms with Gasteiger partial charge in [-0.1, -0.05) is 60.7 Å². The number of anilines is 1. The molecule has 1 aliphatic carbocycles. The van der Waals surface area contributed by atoms with Crippen molar-refractivity contribution in [1.82, 2.24) is 5.32 Å². The standard InChI is InChI=1S/C27H26N2O6/c1-34-16-24(26(31)32)29-25(30)14-17-7-6-8-18(13-17)28-27(33)35-15-23-21-11-4-2-9-19(21)20-10-3-5-12-22(20)23/h2-13,23-24H,14-16H2,1H3,(H,28,33)(H,29,30)(H,31,32)/t24-/m0/s1. The predicted molar refractivity (Wildman–Crippen MR) is 130 cm³/mol. The SMILES string of the molecule is COC[C@H](NC(=O)Cc1cccc(NC(=O)OCC2c3ccccc3-c3ccccc32)c1)C(=O)O.